The molecule has 0 aliphatic rings. The van der Waals surface area contributed by atoms with Crippen molar-refractivity contribution in [2.24, 2.45) is 0 Å². The lowest BCUT2D eigenvalue weighted by Crippen LogP contribution is -2.23. The fourth-order valence-electron chi connectivity index (χ4n) is 3.97. The Labute approximate surface area is 237 Å². The average molecular weight is 558 g/mol. The van der Waals surface area contributed by atoms with Gasteiger partial charge in [-0.25, -0.2) is 4.98 Å². The molecule has 0 aliphatic heterocycles. The van der Waals surface area contributed by atoms with Gasteiger partial charge in [0.25, 0.3) is 0 Å². The summed E-state index contributed by atoms with van der Waals surface area (Å²) in [6.45, 7) is 5.66. The first-order valence-electron chi connectivity index (χ1n) is 12.2. The maximum absolute atomic E-state index is 13.3. The summed E-state index contributed by atoms with van der Waals surface area (Å²) >= 11 is 7.45. The van der Waals surface area contributed by atoms with E-state index in [9.17, 15) is 10.1 Å². The van der Waals surface area contributed by atoms with Gasteiger partial charge < -0.3 is 14.8 Å². The van der Waals surface area contributed by atoms with Gasteiger partial charge in [0, 0.05) is 22.2 Å². The Bertz CT molecular complexity index is 1550. The van der Waals surface area contributed by atoms with E-state index in [1.807, 2.05) is 68.4 Å². The van der Waals surface area contributed by atoms with Crippen molar-refractivity contribution >= 4 is 35.0 Å². The van der Waals surface area contributed by atoms with E-state index < -0.39 is 5.25 Å². The largest absolute Gasteiger partial charge is 0.497 e. The van der Waals surface area contributed by atoms with Gasteiger partial charge in [0.05, 0.1) is 36.4 Å². The average Bonchev–Trinajstić information content (AvgIpc) is 2.94. The van der Waals surface area contributed by atoms with E-state index >= 15 is 0 Å². The van der Waals surface area contributed by atoms with E-state index in [2.05, 4.69) is 11.4 Å². The van der Waals surface area contributed by atoms with Crippen molar-refractivity contribution in [3.8, 4) is 40.0 Å². The number of hydrogen-bond acceptors (Lipinski definition) is 6. The fraction of sp³-hybridized carbons (Fsp3) is 0.194. The molecule has 4 aromatic rings. The van der Waals surface area contributed by atoms with Crippen LogP contribution in [0.1, 0.15) is 23.6 Å². The molecular formula is C31H28ClN3O3S. The molecule has 0 aliphatic carbocycles. The second kappa shape index (κ2) is 12.2. The highest BCUT2D eigenvalue weighted by Crippen LogP contribution is 2.37. The standard InChI is InChI=1S/C31H28ClN3O3S/c1-18-6-8-21(9-7-18)24-15-27(22-10-12-23(37-4)13-11-22)35-31(25(24)17-33)39-20(3)30(36)34-28-14-19(2)26(32)16-29(28)38-5/h6-16,20H,1-5H3,(H,34,36). The number of hydrogen-bond donors (Lipinski definition) is 1. The summed E-state index contributed by atoms with van der Waals surface area (Å²) in [5, 5.41) is 13.6. The number of pyridine rings is 1. The third-order valence-electron chi connectivity index (χ3n) is 6.24. The van der Waals surface area contributed by atoms with Crippen LogP contribution in [0.3, 0.4) is 0 Å². The van der Waals surface area contributed by atoms with Gasteiger partial charge in [-0.05, 0) is 68.3 Å². The highest BCUT2D eigenvalue weighted by molar-refractivity contribution is 8.00. The van der Waals surface area contributed by atoms with Gasteiger partial charge in [-0.1, -0.05) is 53.2 Å². The summed E-state index contributed by atoms with van der Waals surface area (Å²) in [6, 6.07) is 23.3. The molecule has 0 radical (unpaired) electrons. The monoisotopic (exact) mass is 557 g/mol. The molecule has 0 saturated carbocycles. The number of carbonyl (C=O) groups excluding carboxylic acids is 1. The van der Waals surface area contributed by atoms with Crippen molar-refractivity contribution in [2.45, 2.75) is 31.0 Å². The number of ether oxygens (including phenoxy) is 2. The Kier molecular flexibility index (Phi) is 8.80. The SMILES string of the molecule is COc1ccc(-c2cc(-c3ccc(C)cc3)c(C#N)c(SC(C)C(=O)Nc3cc(C)c(Cl)cc3OC)n2)cc1. The minimum absolute atomic E-state index is 0.252. The van der Waals surface area contributed by atoms with Crippen molar-refractivity contribution in [1.82, 2.24) is 4.98 Å². The molecule has 0 spiro atoms. The zero-order chi connectivity index (χ0) is 28.1. The topological polar surface area (TPSA) is 84.2 Å². The number of amides is 1. The van der Waals surface area contributed by atoms with Gasteiger partial charge in [0.2, 0.25) is 5.91 Å². The summed E-state index contributed by atoms with van der Waals surface area (Å²) in [6.07, 6.45) is 0. The first-order chi connectivity index (χ1) is 18.7. The molecule has 0 bridgehead atoms. The Morgan fingerprint density at radius 2 is 1.67 bits per heavy atom. The van der Waals surface area contributed by atoms with Crippen LogP contribution >= 0.6 is 23.4 Å². The molecule has 3 aromatic carbocycles. The van der Waals surface area contributed by atoms with E-state index in [0.29, 0.717) is 32.7 Å². The molecule has 0 fully saturated rings. The zero-order valence-corrected chi connectivity index (χ0v) is 23.9. The number of aryl methyl sites for hydroxylation is 2. The van der Waals surface area contributed by atoms with Crippen molar-refractivity contribution in [2.75, 3.05) is 19.5 Å². The molecule has 1 amide bonds. The number of benzene rings is 3. The van der Waals surface area contributed by atoms with Crippen LogP contribution in [0, 0.1) is 25.2 Å². The van der Waals surface area contributed by atoms with Crippen LogP contribution in [0.5, 0.6) is 11.5 Å². The normalized spacial score (nSPS) is 11.4. The molecule has 0 saturated heterocycles. The predicted molar refractivity (Wildman–Crippen MR) is 158 cm³/mol. The van der Waals surface area contributed by atoms with E-state index in [4.69, 9.17) is 26.1 Å². The lowest BCUT2D eigenvalue weighted by Gasteiger charge is -2.17. The third kappa shape index (κ3) is 6.36. The second-order valence-electron chi connectivity index (χ2n) is 8.99. The van der Waals surface area contributed by atoms with E-state index in [1.165, 1.54) is 18.9 Å². The Morgan fingerprint density at radius 1 is 1.00 bits per heavy atom. The van der Waals surface area contributed by atoms with Crippen LogP contribution in [-0.4, -0.2) is 30.4 Å². The van der Waals surface area contributed by atoms with Crippen molar-refractivity contribution in [3.63, 3.8) is 0 Å². The lowest BCUT2D eigenvalue weighted by molar-refractivity contribution is -0.115. The molecule has 1 N–H and O–H groups in total. The Balaban J connectivity index is 1.73. The number of nitrogens with one attached hydrogen (secondary N) is 1. The second-order valence-corrected chi connectivity index (χ2v) is 10.7. The number of nitrogens with zero attached hydrogens (tertiary/aromatic N) is 2. The van der Waals surface area contributed by atoms with E-state index in [0.717, 1.165) is 33.6 Å². The Morgan fingerprint density at radius 3 is 2.28 bits per heavy atom. The van der Waals surface area contributed by atoms with Crippen LogP contribution in [0.4, 0.5) is 5.69 Å². The van der Waals surface area contributed by atoms with Crippen LogP contribution in [-0.2, 0) is 4.79 Å². The smallest absolute Gasteiger partial charge is 0.237 e. The number of rotatable bonds is 8. The maximum atomic E-state index is 13.3. The highest BCUT2D eigenvalue weighted by Gasteiger charge is 2.22. The molecule has 198 valence electrons. The highest BCUT2D eigenvalue weighted by atomic mass is 35.5. The van der Waals surface area contributed by atoms with Gasteiger partial charge in [-0.15, -0.1) is 0 Å². The molecule has 1 atom stereocenters. The zero-order valence-electron chi connectivity index (χ0n) is 22.3. The Hall–Kier alpha value is -3.99. The van der Waals surface area contributed by atoms with Crippen molar-refractivity contribution in [1.29, 1.82) is 5.26 Å². The molecule has 4 rings (SSSR count). The summed E-state index contributed by atoms with van der Waals surface area (Å²) < 4.78 is 10.7. The van der Waals surface area contributed by atoms with Crippen LogP contribution in [0.15, 0.2) is 71.8 Å². The van der Waals surface area contributed by atoms with Crippen LogP contribution < -0.4 is 14.8 Å². The first kappa shape index (κ1) is 28.0. The number of aromatic nitrogens is 1. The molecule has 8 heteroatoms. The van der Waals surface area contributed by atoms with Gasteiger partial charge in [0.15, 0.2) is 0 Å². The third-order valence-corrected chi connectivity index (χ3v) is 7.74. The van der Waals surface area contributed by atoms with Crippen molar-refractivity contribution in [3.05, 3.63) is 88.4 Å². The number of halogens is 1. The summed E-state index contributed by atoms with van der Waals surface area (Å²) in [5.41, 5.74) is 6.09. The predicted octanol–water partition coefficient (Wildman–Crippen LogP) is 7.69. The summed E-state index contributed by atoms with van der Waals surface area (Å²) in [5.74, 6) is 0.950. The number of carbonyl (C=O) groups is 1. The van der Waals surface area contributed by atoms with E-state index in [-0.39, 0.29) is 5.91 Å². The van der Waals surface area contributed by atoms with E-state index in [1.54, 1.807) is 26.2 Å². The molecule has 6 nitrogen and oxygen atoms in total. The van der Waals surface area contributed by atoms with Crippen LogP contribution in [0.2, 0.25) is 5.02 Å². The lowest BCUT2D eigenvalue weighted by atomic mass is 9.98. The van der Waals surface area contributed by atoms with Gasteiger partial charge >= 0.3 is 0 Å². The van der Waals surface area contributed by atoms with Crippen molar-refractivity contribution < 1.29 is 14.3 Å². The molecule has 39 heavy (non-hydrogen) atoms. The summed E-state index contributed by atoms with van der Waals surface area (Å²) in [7, 11) is 3.14. The van der Waals surface area contributed by atoms with Gasteiger partial charge in [0.1, 0.15) is 22.6 Å². The molecule has 1 unspecified atom stereocenters. The maximum Gasteiger partial charge on any atom is 0.237 e. The quantitative estimate of drug-likeness (QED) is 0.223. The first-order valence-corrected chi connectivity index (χ1v) is 13.5. The molecule has 1 heterocycles. The van der Waals surface area contributed by atoms with Gasteiger partial charge in [-0.3, -0.25) is 4.79 Å². The minimum Gasteiger partial charge on any atom is -0.497 e. The van der Waals surface area contributed by atoms with Gasteiger partial charge in [-0.2, -0.15) is 5.26 Å². The molecular weight excluding hydrogens is 530 g/mol. The number of anilines is 1. The summed E-state index contributed by atoms with van der Waals surface area (Å²) in [4.78, 5) is 18.1. The van der Waals surface area contributed by atoms with Crippen LogP contribution in [0.25, 0.3) is 22.4 Å². The number of nitriles is 1. The number of thioether (sulfide) groups is 1. The molecule has 1 aromatic heterocycles. The number of methoxy groups -OCH3 is 2. The minimum atomic E-state index is -0.567. The fourth-order valence-corrected chi connectivity index (χ4v) is 5.05.